The number of hydrogen-bond donors (Lipinski definition) is 3. The lowest BCUT2D eigenvalue weighted by molar-refractivity contribution is -0.143. The first-order valence-corrected chi connectivity index (χ1v) is 14.7. The standard InChI is InChI=1S/C27H46O.C4H6O4/c1-18(2)7-6-8-19(3)23-11-12-24-22-10-9-20-17-21(28)13-15-26(20,4)25(22)14-16-27(23,24)5;5-3(6)1-2-4(7)8/h9,18-19,21-25,28H,6-8,10-17H2,1-5H3;1-2H2,(H,5,6)(H,7,8)/t19-,21+,22+,23-,24+,25+,26+,27-;/m1./s1. The van der Waals surface area contributed by atoms with E-state index in [0.29, 0.717) is 10.8 Å². The van der Waals surface area contributed by atoms with Crippen molar-refractivity contribution in [2.24, 2.45) is 46.3 Å². The van der Waals surface area contributed by atoms with Crippen molar-refractivity contribution in [3.8, 4) is 0 Å². The number of aliphatic hydroxyl groups is 1. The zero-order valence-electron chi connectivity index (χ0n) is 23.5. The number of fused-ring (bicyclic) bond motifs is 5. The zero-order valence-corrected chi connectivity index (χ0v) is 23.5. The molecule has 0 saturated heterocycles. The highest BCUT2D eigenvalue weighted by Crippen LogP contribution is 2.67. The average Bonchev–Trinajstić information content (AvgIpc) is 3.15. The molecule has 3 N–H and O–H groups in total. The average molecular weight is 505 g/mol. The van der Waals surface area contributed by atoms with Gasteiger partial charge in [-0.15, -0.1) is 0 Å². The van der Waals surface area contributed by atoms with Gasteiger partial charge in [0.25, 0.3) is 0 Å². The van der Waals surface area contributed by atoms with Gasteiger partial charge in [0.15, 0.2) is 0 Å². The number of allylic oxidation sites excluding steroid dienone is 1. The summed E-state index contributed by atoms with van der Waals surface area (Å²) in [6.45, 7) is 12.6. The van der Waals surface area contributed by atoms with Crippen LogP contribution < -0.4 is 0 Å². The summed E-state index contributed by atoms with van der Waals surface area (Å²) < 4.78 is 0. The molecule has 0 aromatic rings. The molecule has 4 rings (SSSR count). The molecule has 0 radical (unpaired) electrons. The number of aliphatic hydroxyl groups excluding tert-OH is 1. The second kappa shape index (κ2) is 12.0. The number of carboxylic acid groups (broad SMARTS) is 2. The van der Waals surface area contributed by atoms with Crippen molar-refractivity contribution in [3.63, 3.8) is 0 Å². The molecule has 0 unspecified atom stereocenters. The van der Waals surface area contributed by atoms with Crippen LogP contribution in [0.4, 0.5) is 0 Å². The minimum Gasteiger partial charge on any atom is -0.481 e. The van der Waals surface area contributed by atoms with Crippen molar-refractivity contribution in [1.82, 2.24) is 0 Å². The maximum atomic E-state index is 10.2. The lowest BCUT2D eigenvalue weighted by Gasteiger charge is -2.58. The Balaban J connectivity index is 0.000000392. The van der Waals surface area contributed by atoms with Crippen molar-refractivity contribution in [2.75, 3.05) is 0 Å². The summed E-state index contributed by atoms with van der Waals surface area (Å²) in [5, 5.41) is 26.0. The third kappa shape index (κ3) is 6.37. The van der Waals surface area contributed by atoms with Crippen LogP contribution in [-0.4, -0.2) is 33.4 Å². The minimum atomic E-state index is -1.08. The first-order chi connectivity index (χ1) is 16.9. The Labute approximate surface area is 219 Å². The van der Waals surface area contributed by atoms with E-state index in [2.05, 4.69) is 40.7 Å². The molecular formula is C31H52O5. The maximum Gasteiger partial charge on any atom is 0.303 e. The Hall–Kier alpha value is -1.36. The summed E-state index contributed by atoms with van der Waals surface area (Å²) in [6, 6.07) is 0. The van der Waals surface area contributed by atoms with Gasteiger partial charge in [0.05, 0.1) is 18.9 Å². The molecule has 8 atom stereocenters. The molecule has 4 aliphatic rings. The van der Waals surface area contributed by atoms with E-state index in [0.717, 1.165) is 48.3 Å². The van der Waals surface area contributed by atoms with Gasteiger partial charge < -0.3 is 15.3 Å². The third-order valence-corrected chi connectivity index (χ3v) is 10.8. The van der Waals surface area contributed by atoms with Gasteiger partial charge >= 0.3 is 11.9 Å². The van der Waals surface area contributed by atoms with E-state index < -0.39 is 11.9 Å². The molecule has 3 fully saturated rings. The summed E-state index contributed by atoms with van der Waals surface area (Å²) in [7, 11) is 0. The van der Waals surface area contributed by atoms with Crippen LogP contribution in [0.1, 0.15) is 118 Å². The number of hydrogen-bond acceptors (Lipinski definition) is 3. The van der Waals surface area contributed by atoms with Gasteiger partial charge in [-0.2, -0.15) is 0 Å². The van der Waals surface area contributed by atoms with Gasteiger partial charge in [0, 0.05) is 0 Å². The Morgan fingerprint density at radius 2 is 1.61 bits per heavy atom. The highest BCUT2D eigenvalue weighted by Gasteiger charge is 2.59. The van der Waals surface area contributed by atoms with Crippen LogP contribution in [0.15, 0.2) is 11.6 Å². The lowest BCUT2D eigenvalue weighted by atomic mass is 9.47. The SMILES string of the molecule is CC(C)CCC[C@@H](C)[C@H]1CC[C@H]2[C@@H]3CC=C4C[C@@H](O)CC[C@]4(C)[C@H]3CC[C@]12C.O=C(O)CCC(=O)O. The van der Waals surface area contributed by atoms with E-state index in [4.69, 9.17) is 10.2 Å². The minimum absolute atomic E-state index is 0.0766. The number of rotatable bonds is 8. The summed E-state index contributed by atoms with van der Waals surface area (Å²) >= 11 is 0. The highest BCUT2D eigenvalue weighted by atomic mass is 16.4. The van der Waals surface area contributed by atoms with Crippen LogP contribution in [0.3, 0.4) is 0 Å². The van der Waals surface area contributed by atoms with E-state index in [1.807, 2.05) is 0 Å². The third-order valence-electron chi connectivity index (χ3n) is 10.8. The number of aliphatic carboxylic acids is 2. The molecule has 3 saturated carbocycles. The van der Waals surface area contributed by atoms with E-state index in [-0.39, 0.29) is 18.9 Å². The molecule has 0 amide bonds. The van der Waals surface area contributed by atoms with Gasteiger partial charge in [0.2, 0.25) is 0 Å². The van der Waals surface area contributed by atoms with Crippen molar-refractivity contribution in [3.05, 3.63) is 11.6 Å². The Bertz CT molecular complexity index is 789. The quantitative estimate of drug-likeness (QED) is 0.301. The Morgan fingerprint density at radius 3 is 2.22 bits per heavy atom. The molecule has 0 heterocycles. The predicted molar refractivity (Wildman–Crippen MR) is 144 cm³/mol. The summed E-state index contributed by atoms with van der Waals surface area (Å²) in [4.78, 5) is 19.3. The van der Waals surface area contributed by atoms with Gasteiger partial charge in [-0.05, 0) is 97.7 Å². The monoisotopic (exact) mass is 504 g/mol. The molecule has 4 aliphatic carbocycles. The van der Waals surface area contributed by atoms with Crippen molar-refractivity contribution in [1.29, 1.82) is 0 Å². The van der Waals surface area contributed by atoms with E-state index in [1.165, 1.54) is 57.8 Å². The smallest absolute Gasteiger partial charge is 0.303 e. The lowest BCUT2D eigenvalue weighted by Crippen LogP contribution is -2.50. The van der Waals surface area contributed by atoms with Gasteiger partial charge in [-0.25, -0.2) is 0 Å². The summed E-state index contributed by atoms with van der Waals surface area (Å²) in [5.41, 5.74) is 2.60. The fourth-order valence-corrected chi connectivity index (χ4v) is 8.88. The molecule has 36 heavy (non-hydrogen) atoms. The second-order valence-corrected chi connectivity index (χ2v) is 13.5. The fraction of sp³-hybridized carbons (Fsp3) is 0.871. The van der Waals surface area contributed by atoms with Crippen molar-refractivity contribution in [2.45, 2.75) is 124 Å². The molecule has 0 spiro atoms. The topological polar surface area (TPSA) is 94.8 Å². The predicted octanol–water partition coefficient (Wildman–Crippen LogP) is 7.32. The number of carbonyl (C=O) groups is 2. The van der Waals surface area contributed by atoms with Gasteiger partial charge in [-0.1, -0.05) is 65.5 Å². The zero-order chi connectivity index (χ0) is 26.7. The maximum absolute atomic E-state index is 10.2. The molecular weight excluding hydrogens is 452 g/mol. The van der Waals surface area contributed by atoms with E-state index in [9.17, 15) is 14.7 Å². The molecule has 0 aromatic carbocycles. The molecule has 0 bridgehead atoms. The normalized spacial score (nSPS) is 38.1. The number of carboxylic acids is 2. The summed E-state index contributed by atoms with van der Waals surface area (Å²) in [6.07, 6.45) is 16.6. The van der Waals surface area contributed by atoms with Crippen LogP contribution in [-0.2, 0) is 9.59 Å². The largest absolute Gasteiger partial charge is 0.481 e. The fourth-order valence-electron chi connectivity index (χ4n) is 8.88. The van der Waals surface area contributed by atoms with Gasteiger partial charge in [0.1, 0.15) is 0 Å². The van der Waals surface area contributed by atoms with E-state index in [1.54, 1.807) is 5.57 Å². The summed E-state index contributed by atoms with van der Waals surface area (Å²) in [5.74, 6) is 3.30. The van der Waals surface area contributed by atoms with Crippen LogP contribution in [0, 0.1) is 46.3 Å². The first kappa shape index (κ1) is 29.2. The van der Waals surface area contributed by atoms with Gasteiger partial charge in [-0.3, -0.25) is 9.59 Å². The van der Waals surface area contributed by atoms with Crippen LogP contribution in [0.2, 0.25) is 0 Å². The Kier molecular flexibility index (Phi) is 9.74. The molecule has 5 heteroatoms. The molecule has 206 valence electrons. The molecule has 5 nitrogen and oxygen atoms in total. The van der Waals surface area contributed by atoms with Crippen molar-refractivity contribution < 1.29 is 24.9 Å². The molecule has 0 aromatic heterocycles. The van der Waals surface area contributed by atoms with Crippen molar-refractivity contribution >= 4 is 11.9 Å². The highest BCUT2D eigenvalue weighted by molar-refractivity contribution is 5.75. The second-order valence-electron chi connectivity index (χ2n) is 13.5. The van der Waals surface area contributed by atoms with Crippen LogP contribution in [0.25, 0.3) is 0 Å². The Morgan fingerprint density at radius 1 is 0.944 bits per heavy atom. The molecule has 0 aliphatic heterocycles. The van der Waals surface area contributed by atoms with Crippen LogP contribution >= 0.6 is 0 Å². The van der Waals surface area contributed by atoms with Crippen LogP contribution in [0.5, 0.6) is 0 Å². The first-order valence-electron chi connectivity index (χ1n) is 14.7. The van der Waals surface area contributed by atoms with E-state index >= 15 is 0 Å².